The normalized spacial score (nSPS) is 16.1. The van der Waals surface area contributed by atoms with E-state index in [0.29, 0.717) is 24.2 Å². The zero-order valence-electron chi connectivity index (χ0n) is 34.0. The number of aliphatic carboxylic acids is 3. The number of Topliss-reactive ketones (excluding diaryl/α,β-unsaturated/α-hetero) is 1. The van der Waals surface area contributed by atoms with Gasteiger partial charge in [0.15, 0.2) is 0 Å². The molecule has 0 spiro atoms. The Morgan fingerprint density at radius 1 is 0.533 bits per heavy atom. The molecular weight excluding hydrogens is 792 g/mol. The summed E-state index contributed by atoms with van der Waals surface area (Å²) >= 11 is 0. The fraction of sp³-hybridized carbons (Fsp3) is 0.718. The number of amides is 2. The molecular formula is C39H64N6O15. The highest BCUT2D eigenvalue weighted by molar-refractivity contribution is 5.81. The Morgan fingerprint density at radius 3 is 1.28 bits per heavy atom. The monoisotopic (exact) mass is 856 g/mol. The number of unbranched alkanes of at least 4 members (excludes halogenated alkanes) is 1. The Morgan fingerprint density at radius 2 is 0.900 bits per heavy atom. The van der Waals surface area contributed by atoms with E-state index < -0.39 is 105 Å². The summed E-state index contributed by atoms with van der Waals surface area (Å²) in [6.45, 7) is -3.06. The molecule has 0 radical (unpaired) electrons. The van der Waals surface area contributed by atoms with Crippen LogP contribution in [0.4, 0.5) is 0 Å². The van der Waals surface area contributed by atoms with Crippen LogP contribution in [0.5, 0.6) is 0 Å². The number of aliphatic hydroxyl groups is 6. The highest BCUT2D eigenvalue weighted by Gasteiger charge is 2.33. The largest absolute Gasteiger partial charge is 0.480 e. The third-order valence-electron chi connectivity index (χ3n) is 10.7. The number of carboxylic acids is 3. The molecule has 1 aromatic heterocycles. The van der Waals surface area contributed by atoms with Crippen molar-refractivity contribution in [3.63, 3.8) is 0 Å². The standard InChI is InChI=1S/C39H64N6O15/c46-20-26(21-47)34(52)11-2-1-8-32(38(57)58)44-16-14-43(31(37(55)56)9-4-12-40-35(53)27(22-48)23-49)15-17-45(19-30-7-3-6-29(18-44)42-30)33(39(59)60)10-5-13-41-36(54)28(24-50)25-51/h3,6-7,26-28,31-33,46-51H,1-2,4-5,8-25H2,(H,40,53)(H,41,54)(H,55,56)(H,57,58)(H,59,60). The number of carbonyl (C=O) groups excluding carboxylic acids is 3. The highest BCUT2D eigenvalue weighted by Crippen LogP contribution is 2.20. The number of carboxylic acid groups (broad SMARTS) is 3. The minimum Gasteiger partial charge on any atom is -0.480 e. The van der Waals surface area contributed by atoms with Crippen molar-refractivity contribution in [2.75, 3.05) is 78.9 Å². The van der Waals surface area contributed by atoms with Crippen LogP contribution < -0.4 is 10.6 Å². The van der Waals surface area contributed by atoms with Gasteiger partial charge in [0.05, 0.1) is 68.8 Å². The molecule has 1 aliphatic rings. The van der Waals surface area contributed by atoms with Crippen molar-refractivity contribution in [2.24, 2.45) is 17.8 Å². The van der Waals surface area contributed by atoms with E-state index in [1.165, 1.54) is 0 Å². The quantitative estimate of drug-likeness (QED) is 0.0376. The Bertz CT molecular complexity index is 1410. The predicted octanol–water partition coefficient (Wildman–Crippen LogP) is -2.91. The summed E-state index contributed by atoms with van der Waals surface area (Å²) in [5.41, 5.74) is 0.941. The van der Waals surface area contributed by atoms with Gasteiger partial charge in [0.1, 0.15) is 23.9 Å². The molecule has 2 rings (SSSR count). The van der Waals surface area contributed by atoms with Gasteiger partial charge >= 0.3 is 17.9 Å². The van der Waals surface area contributed by atoms with Crippen LogP contribution in [0.25, 0.3) is 0 Å². The van der Waals surface area contributed by atoms with E-state index in [9.17, 15) is 74.7 Å². The van der Waals surface area contributed by atoms with Crippen LogP contribution in [0.15, 0.2) is 18.2 Å². The van der Waals surface area contributed by atoms with E-state index in [4.69, 9.17) is 4.98 Å². The van der Waals surface area contributed by atoms with Crippen molar-refractivity contribution >= 4 is 35.5 Å². The summed E-state index contributed by atoms with van der Waals surface area (Å²) < 4.78 is 0. The number of aliphatic hydroxyl groups excluding tert-OH is 6. The SMILES string of the molecule is O=C(CCCCC(C(=O)O)N1CCN(C(CCCNC(=O)C(CO)CO)C(=O)O)CCN(C(CCCNC(=O)C(CO)CO)C(=O)O)Cc2cccc(n2)C1)C(CO)CO. The predicted molar refractivity (Wildman–Crippen MR) is 212 cm³/mol. The molecule has 0 aromatic carbocycles. The molecule has 3 atom stereocenters. The highest BCUT2D eigenvalue weighted by atomic mass is 16.4. The molecule has 21 nitrogen and oxygen atoms in total. The molecule has 2 heterocycles. The second-order valence-corrected chi connectivity index (χ2v) is 14.9. The minimum atomic E-state index is -1.21. The van der Waals surface area contributed by atoms with E-state index in [1.807, 2.05) is 0 Å². The van der Waals surface area contributed by atoms with E-state index in [-0.39, 0.29) is 96.7 Å². The van der Waals surface area contributed by atoms with Gasteiger partial charge in [0.25, 0.3) is 0 Å². The van der Waals surface area contributed by atoms with Crippen LogP contribution in [0, 0.1) is 17.8 Å². The second kappa shape index (κ2) is 28.4. The summed E-state index contributed by atoms with van der Waals surface area (Å²) in [5, 5.41) is 92.5. The lowest BCUT2D eigenvalue weighted by molar-refractivity contribution is -0.147. The zero-order chi connectivity index (χ0) is 44.6. The lowest BCUT2D eigenvalue weighted by Gasteiger charge is -2.37. The van der Waals surface area contributed by atoms with Gasteiger partial charge in [-0.2, -0.15) is 0 Å². The maximum absolute atomic E-state index is 12.9. The molecule has 0 aliphatic carbocycles. The molecule has 21 heteroatoms. The van der Waals surface area contributed by atoms with Crippen molar-refractivity contribution < 1.29 is 74.7 Å². The van der Waals surface area contributed by atoms with Gasteiger partial charge in [0.2, 0.25) is 11.8 Å². The van der Waals surface area contributed by atoms with Crippen LogP contribution >= 0.6 is 0 Å². The fourth-order valence-electron chi connectivity index (χ4n) is 6.99. The van der Waals surface area contributed by atoms with Crippen molar-refractivity contribution in [1.29, 1.82) is 0 Å². The average molecular weight is 857 g/mol. The number of aromatic nitrogens is 1. The minimum absolute atomic E-state index is 0.0138. The molecule has 0 saturated carbocycles. The first kappa shape index (κ1) is 51.9. The van der Waals surface area contributed by atoms with Gasteiger partial charge in [-0.15, -0.1) is 0 Å². The van der Waals surface area contributed by atoms with Crippen LogP contribution in [-0.2, 0) is 41.9 Å². The van der Waals surface area contributed by atoms with Crippen molar-refractivity contribution in [2.45, 2.75) is 82.6 Å². The van der Waals surface area contributed by atoms with Crippen molar-refractivity contribution in [1.82, 2.24) is 30.3 Å². The number of fused-ring (bicyclic) bond motifs is 2. The molecule has 0 saturated heterocycles. The van der Waals surface area contributed by atoms with Crippen LogP contribution in [0.2, 0.25) is 0 Å². The van der Waals surface area contributed by atoms with E-state index >= 15 is 0 Å². The first-order valence-electron chi connectivity index (χ1n) is 20.3. The summed E-state index contributed by atoms with van der Waals surface area (Å²) in [7, 11) is 0. The first-order chi connectivity index (χ1) is 28.7. The topological polar surface area (TPSA) is 331 Å². The molecule has 0 fully saturated rings. The Balaban J connectivity index is 2.45. The Kier molecular flexibility index (Phi) is 24.6. The third-order valence-corrected chi connectivity index (χ3v) is 10.7. The summed E-state index contributed by atoms with van der Waals surface area (Å²) in [6.07, 6.45) is 1.23. The molecule has 11 N–H and O–H groups in total. The Labute approximate surface area is 349 Å². The van der Waals surface area contributed by atoms with Crippen molar-refractivity contribution in [3.8, 4) is 0 Å². The molecule has 340 valence electrons. The second-order valence-electron chi connectivity index (χ2n) is 14.9. The molecule has 2 bridgehead atoms. The first-order valence-corrected chi connectivity index (χ1v) is 20.3. The number of nitrogens with zero attached hydrogens (tertiary/aromatic N) is 4. The van der Waals surface area contributed by atoms with Crippen LogP contribution in [-0.4, -0.2) is 198 Å². The number of nitrogens with one attached hydrogen (secondary N) is 2. The van der Waals surface area contributed by atoms with E-state index in [1.54, 1.807) is 32.9 Å². The maximum atomic E-state index is 12.9. The van der Waals surface area contributed by atoms with Gasteiger partial charge in [0, 0.05) is 58.8 Å². The van der Waals surface area contributed by atoms with E-state index in [0.717, 1.165) is 0 Å². The zero-order valence-corrected chi connectivity index (χ0v) is 34.0. The van der Waals surface area contributed by atoms with Gasteiger partial charge in [-0.25, -0.2) is 0 Å². The van der Waals surface area contributed by atoms with Gasteiger partial charge in [-0.05, 0) is 50.7 Å². The lowest BCUT2D eigenvalue weighted by Crippen LogP contribution is -2.52. The number of carbonyl (C=O) groups is 6. The van der Waals surface area contributed by atoms with Crippen LogP contribution in [0.1, 0.15) is 62.8 Å². The maximum Gasteiger partial charge on any atom is 0.320 e. The molecule has 60 heavy (non-hydrogen) atoms. The molecule has 3 unspecified atom stereocenters. The fourth-order valence-corrected chi connectivity index (χ4v) is 6.99. The third kappa shape index (κ3) is 17.4. The van der Waals surface area contributed by atoms with Crippen molar-refractivity contribution in [3.05, 3.63) is 29.6 Å². The molecule has 1 aliphatic heterocycles. The number of hydrogen-bond donors (Lipinski definition) is 11. The summed E-state index contributed by atoms with van der Waals surface area (Å²) in [4.78, 5) is 85.0. The average Bonchev–Trinajstić information content (AvgIpc) is 3.21. The smallest absolute Gasteiger partial charge is 0.320 e. The Hall–Kier alpha value is -4.19. The number of pyridine rings is 1. The number of ketones is 1. The van der Waals surface area contributed by atoms with Crippen LogP contribution in [0.3, 0.4) is 0 Å². The number of hydrogen-bond acceptors (Lipinski definition) is 16. The van der Waals surface area contributed by atoms with Gasteiger partial charge in [-0.1, -0.05) is 12.5 Å². The summed E-state index contributed by atoms with van der Waals surface area (Å²) in [6, 6.07) is 1.75. The van der Waals surface area contributed by atoms with Gasteiger partial charge in [-0.3, -0.25) is 48.5 Å². The van der Waals surface area contributed by atoms with Gasteiger partial charge < -0.3 is 56.6 Å². The molecule has 1 aromatic rings. The lowest BCUT2D eigenvalue weighted by atomic mass is 9.99. The number of rotatable bonds is 28. The molecule has 2 amide bonds. The summed E-state index contributed by atoms with van der Waals surface area (Å²) in [5.74, 6) is -8.03. The van der Waals surface area contributed by atoms with E-state index in [2.05, 4.69) is 10.6 Å².